The third-order valence-electron chi connectivity index (χ3n) is 6.60. The van der Waals surface area contributed by atoms with E-state index in [4.69, 9.17) is 0 Å². The van der Waals surface area contributed by atoms with Crippen LogP contribution < -0.4 is 4.90 Å². The predicted molar refractivity (Wildman–Crippen MR) is 87.5 cm³/mol. The summed E-state index contributed by atoms with van der Waals surface area (Å²) in [5.41, 5.74) is 6.58. The van der Waals surface area contributed by atoms with Gasteiger partial charge in [0.1, 0.15) is 0 Å². The Balaban J connectivity index is 2.13. The quantitative estimate of drug-likeness (QED) is 0.693. The molecule has 4 unspecified atom stereocenters. The van der Waals surface area contributed by atoms with Gasteiger partial charge in [-0.05, 0) is 81.5 Å². The van der Waals surface area contributed by atoms with Gasteiger partial charge in [0.2, 0.25) is 0 Å². The molecule has 1 saturated carbocycles. The molecule has 1 heterocycles. The molecule has 1 heteroatoms. The fourth-order valence-electron chi connectivity index (χ4n) is 5.23. The third kappa shape index (κ3) is 1.61. The molecule has 2 aliphatic rings. The molecule has 1 aromatic rings. The molecule has 1 aliphatic carbocycles. The Bertz CT molecular complexity index is 561. The van der Waals surface area contributed by atoms with Crippen molar-refractivity contribution >= 4 is 5.69 Å². The summed E-state index contributed by atoms with van der Waals surface area (Å²) in [5, 5.41) is 0. The molecule has 2 bridgehead atoms. The minimum absolute atomic E-state index is 0.346. The van der Waals surface area contributed by atoms with Gasteiger partial charge in [-0.2, -0.15) is 0 Å². The van der Waals surface area contributed by atoms with Crippen LogP contribution in [-0.2, 0) is 0 Å². The van der Waals surface area contributed by atoms with E-state index in [-0.39, 0.29) is 0 Å². The Morgan fingerprint density at radius 2 is 1.75 bits per heavy atom. The first-order valence-corrected chi connectivity index (χ1v) is 8.06. The lowest BCUT2D eigenvalue weighted by atomic mass is 9.75. The zero-order valence-corrected chi connectivity index (χ0v) is 14.2. The highest BCUT2D eigenvalue weighted by atomic mass is 15.3. The minimum Gasteiger partial charge on any atom is -0.363 e. The van der Waals surface area contributed by atoms with Gasteiger partial charge < -0.3 is 4.90 Å². The summed E-state index contributed by atoms with van der Waals surface area (Å²) in [5.74, 6) is 0.838. The average Bonchev–Trinajstić information content (AvgIpc) is 2.67. The summed E-state index contributed by atoms with van der Waals surface area (Å²) in [6.45, 7) is 16.6. The molecule has 110 valence electrons. The fourth-order valence-corrected chi connectivity index (χ4v) is 5.23. The van der Waals surface area contributed by atoms with Crippen molar-refractivity contribution in [3.8, 4) is 0 Å². The van der Waals surface area contributed by atoms with Crippen LogP contribution in [0.3, 0.4) is 0 Å². The molecule has 1 saturated heterocycles. The molecule has 2 fully saturated rings. The number of nitrogens with zero attached hydrogens (tertiary/aromatic N) is 1. The summed E-state index contributed by atoms with van der Waals surface area (Å²) in [7, 11) is 0. The molecular formula is C19H29N. The molecule has 1 aromatic carbocycles. The normalized spacial score (nSPS) is 39.6. The van der Waals surface area contributed by atoms with Crippen molar-refractivity contribution in [2.75, 3.05) is 4.90 Å². The SMILES string of the molecule is Cc1cc(C)c(C)c(N2C(C)C3(C)CC2(C)CC3C)c1. The lowest BCUT2D eigenvalue weighted by Crippen LogP contribution is -2.51. The molecule has 0 aromatic heterocycles. The van der Waals surface area contributed by atoms with Crippen LogP contribution in [0.1, 0.15) is 57.2 Å². The second-order valence-electron chi connectivity index (χ2n) is 8.06. The molecule has 1 nitrogen and oxygen atoms in total. The third-order valence-corrected chi connectivity index (χ3v) is 6.60. The topological polar surface area (TPSA) is 3.24 Å². The van der Waals surface area contributed by atoms with E-state index in [1.807, 2.05) is 0 Å². The van der Waals surface area contributed by atoms with Crippen LogP contribution in [0.2, 0.25) is 0 Å². The second kappa shape index (κ2) is 4.02. The average molecular weight is 271 g/mol. The maximum Gasteiger partial charge on any atom is 0.0408 e. The van der Waals surface area contributed by atoms with E-state index >= 15 is 0 Å². The van der Waals surface area contributed by atoms with E-state index in [9.17, 15) is 0 Å². The van der Waals surface area contributed by atoms with Gasteiger partial charge in [-0.15, -0.1) is 0 Å². The number of aryl methyl sites for hydroxylation is 2. The van der Waals surface area contributed by atoms with Gasteiger partial charge in [0.25, 0.3) is 0 Å². The first kappa shape index (κ1) is 14.0. The molecule has 0 amide bonds. The highest BCUT2D eigenvalue weighted by Gasteiger charge is 2.62. The standard InChI is InChI=1S/C19H29N/c1-12-8-13(2)15(4)17(9-12)20-16(5)19(7)11-18(20,6)10-14(19)3/h8-9,14,16H,10-11H2,1-7H3. The maximum atomic E-state index is 2.75. The molecule has 0 N–H and O–H groups in total. The molecular weight excluding hydrogens is 242 g/mol. The summed E-state index contributed by atoms with van der Waals surface area (Å²) < 4.78 is 0. The molecule has 4 atom stereocenters. The van der Waals surface area contributed by atoms with Crippen molar-refractivity contribution < 1.29 is 0 Å². The summed E-state index contributed by atoms with van der Waals surface area (Å²) >= 11 is 0. The van der Waals surface area contributed by atoms with Gasteiger partial charge in [0.15, 0.2) is 0 Å². The molecule has 20 heavy (non-hydrogen) atoms. The van der Waals surface area contributed by atoms with Crippen molar-refractivity contribution in [1.29, 1.82) is 0 Å². The van der Waals surface area contributed by atoms with Gasteiger partial charge in [-0.25, -0.2) is 0 Å². The zero-order chi connectivity index (χ0) is 14.9. The van der Waals surface area contributed by atoms with Crippen LogP contribution in [0, 0.1) is 32.1 Å². The van der Waals surface area contributed by atoms with Gasteiger partial charge in [-0.1, -0.05) is 19.9 Å². The van der Waals surface area contributed by atoms with Crippen molar-refractivity contribution in [3.05, 3.63) is 28.8 Å². The smallest absolute Gasteiger partial charge is 0.0408 e. The fraction of sp³-hybridized carbons (Fsp3) is 0.684. The van der Waals surface area contributed by atoms with Crippen molar-refractivity contribution in [3.63, 3.8) is 0 Å². The summed E-state index contributed by atoms with van der Waals surface area (Å²) in [4.78, 5) is 2.75. The molecule has 1 aliphatic heterocycles. The minimum atomic E-state index is 0.346. The van der Waals surface area contributed by atoms with E-state index in [0.717, 1.165) is 5.92 Å². The van der Waals surface area contributed by atoms with E-state index in [2.05, 4.69) is 65.5 Å². The number of hydrogen-bond donors (Lipinski definition) is 0. The lowest BCUT2D eigenvalue weighted by molar-refractivity contribution is 0.200. The number of rotatable bonds is 1. The number of hydrogen-bond acceptors (Lipinski definition) is 1. The van der Waals surface area contributed by atoms with Gasteiger partial charge in [0.05, 0.1) is 0 Å². The van der Waals surface area contributed by atoms with Crippen LogP contribution in [0.15, 0.2) is 12.1 Å². The number of piperidine rings is 1. The Kier molecular flexibility index (Phi) is 2.81. The van der Waals surface area contributed by atoms with Crippen LogP contribution in [0.25, 0.3) is 0 Å². The van der Waals surface area contributed by atoms with E-state index in [1.54, 1.807) is 0 Å². The number of fused-ring (bicyclic) bond motifs is 2. The first-order valence-electron chi connectivity index (χ1n) is 8.06. The first-order chi connectivity index (χ1) is 9.19. The number of anilines is 1. The van der Waals surface area contributed by atoms with Crippen LogP contribution >= 0.6 is 0 Å². The van der Waals surface area contributed by atoms with Crippen molar-refractivity contribution in [2.45, 2.75) is 72.9 Å². The van der Waals surface area contributed by atoms with Crippen LogP contribution in [0.4, 0.5) is 5.69 Å². The molecule has 0 spiro atoms. The largest absolute Gasteiger partial charge is 0.363 e. The van der Waals surface area contributed by atoms with Gasteiger partial charge in [-0.3, -0.25) is 0 Å². The highest BCUT2D eigenvalue weighted by Crippen LogP contribution is 2.62. The Labute approximate surface area is 124 Å². The Hall–Kier alpha value is -0.980. The van der Waals surface area contributed by atoms with E-state index < -0.39 is 0 Å². The van der Waals surface area contributed by atoms with Crippen molar-refractivity contribution in [2.24, 2.45) is 11.3 Å². The van der Waals surface area contributed by atoms with E-state index in [1.165, 1.54) is 35.2 Å². The monoisotopic (exact) mass is 271 g/mol. The number of benzene rings is 1. The molecule has 3 rings (SSSR count). The van der Waals surface area contributed by atoms with Crippen molar-refractivity contribution in [1.82, 2.24) is 0 Å². The Morgan fingerprint density at radius 3 is 2.30 bits per heavy atom. The van der Waals surface area contributed by atoms with Crippen LogP contribution in [0.5, 0.6) is 0 Å². The predicted octanol–water partition coefficient (Wildman–Crippen LogP) is 5.02. The molecule has 0 radical (unpaired) electrons. The summed E-state index contributed by atoms with van der Waals surface area (Å²) in [6, 6.07) is 5.35. The second-order valence-corrected chi connectivity index (χ2v) is 8.06. The maximum absolute atomic E-state index is 2.75. The summed E-state index contributed by atoms with van der Waals surface area (Å²) in [6.07, 6.45) is 2.68. The van der Waals surface area contributed by atoms with Gasteiger partial charge in [0, 0.05) is 17.3 Å². The Morgan fingerprint density at radius 1 is 1.10 bits per heavy atom. The lowest BCUT2D eigenvalue weighted by Gasteiger charge is -2.47. The van der Waals surface area contributed by atoms with E-state index in [0.29, 0.717) is 17.0 Å². The van der Waals surface area contributed by atoms with Crippen LogP contribution in [-0.4, -0.2) is 11.6 Å². The zero-order valence-electron chi connectivity index (χ0n) is 14.2. The van der Waals surface area contributed by atoms with Gasteiger partial charge >= 0.3 is 0 Å². The highest BCUT2D eigenvalue weighted by molar-refractivity contribution is 5.62.